The number of benzene rings is 2. The van der Waals surface area contributed by atoms with Gasteiger partial charge in [-0.05, 0) is 49.2 Å². The van der Waals surface area contributed by atoms with Crippen LogP contribution >= 0.6 is 0 Å². The molecule has 0 radical (unpaired) electrons. The van der Waals surface area contributed by atoms with Gasteiger partial charge >= 0.3 is 0 Å². The molecule has 0 spiro atoms. The zero-order valence-corrected chi connectivity index (χ0v) is 18.0. The third-order valence-electron chi connectivity index (χ3n) is 5.11. The normalized spacial score (nSPS) is 13.1. The molecule has 0 unspecified atom stereocenters. The summed E-state index contributed by atoms with van der Waals surface area (Å²) in [7, 11) is 0. The van der Waals surface area contributed by atoms with Crippen LogP contribution in [0.2, 0.25) is 0 Å². The summed E-state index contributed by atoms with van der Waals surface area (Å²) in [6.07, 6.45) is 3.70. The van der Waals surface area contributed by atoms with E-state index in [4.69, 9.17) is 4.74 Å². The highest BCUT2D eigenvalue weighted by Crippen LogP contribution is 2.31. The summed E-state index contributed by atoms with van der Waals surface area (Å²) in [5, 5.41) is 5.00. The summed E-state index contributed by atoms with van der Waals surface area (Å²) in [5.41, 5.74) is 7.34. The Morgan fingerprint density at radius 3 is 2.66 bits per heavy atom. The lowest BCUT2D eigenvalue weighted by atomic mass is 10.0. The van der Waals surface area contributed by atoms with Crippen LogP contribution in [0.4, 0.5) is 14.6 Å². The van der Waals surface area contributed by atoms with Gasteiger partial charge in [0.1, 0.15) is 23.1 Å². The van der Waals surface area contributed by atoms with Crippen molar-refractivity contribution < 1.29 is 13.5 Å². The summed E-state index contributed by atoms with van der Waals surface area (Å²) in [4.78, 5) is 4.39. The van der Waals surface area contributed by atoms with Crippen LogP contribution in [0.5, 0.6) is 11.5 Å². The Labute approximate surface area is 186 Å². The molecule has 3 aromatic rings. The van der Waals surface area contributed by atoms with Crippen molar-refractivity contribution in [2.75, 3.05) is 11.6 Å². The first-order valence-electron chi connectivity index (χ1n) is 10.2. The molecule has 164 valence electrons. The minimum atomic E-state index is -0.606. The Balaban J connectivity index is 1.48. The molecule has 7 heteroatoms. The summed E-state index contributed by atoms with van der Waals surface area (Å²) in [6.45, 7) is 9.11. The summed E-state index contributed by atoms with van der Waals surface area (Å²) >= 11 is 0. The number of hydrogen-bond acceptors (Lipinski definition) is 5. The zero-order chi connectivity index (χ0) is 22.7. The first-order valence-corrected chi connectivity index (χ1v) is 10.2. The third-order valence-corrected chi connectivity index (χ3v) is 5.11. The van der Waals surface area contributed by atoms with E-state index in [1.54, 1.807) is 12.3 Å². The lowest BCUT2D eigenvalue weighted by Crippen LogP contribution is -2.29. The second-order valence-corrected chi connectivity index (χ2v) is 7.67. The van der Waals surface area contributed by atoms with Gasteiger partial charge in [-0.3, -0.25) is 5.01 Å². The van der Waals surface area contributed by atoms with Crippen LogP contribution in [0.3, 0.4) is 0 Å². The van der Waals surface area contributed by atoms with Crippen LogP contribution in [0.25, 0.3) is 5.70 Å². The van der Waals surface area contributed by atoms with Gasteiger partial charge in [0.15, 0.2) is 5.82 Å². The molecule has 2 heterocycles. The number of hydrogen-bond donors (Lipinski definition) is 2. The van der Waals surface area contributed by atoms with Crippen molar-refractivity contribution in [3.63, 3.8) is 0 Å². The highest BCUT2D eigenvalue weighted by molar-refractivity contribution is 5.67. The topological polar surface area (TPSA) is 49.4 Å². The molecular formula is C25H24F2N4O. The first kappa shape index (κ1) is 21.5. The van der Waals surface area contributed by atoms with Crippen LogP contribution in [0.15, 0.2) is 73.1 Å². The molecule has 0 fully saturated rings. The van der Waals surface area contributed by atoms with Crippen molar-refractivity contribution in [1.29, 1.82) is 0 Å². The molecular weight excluding hydrogens is 410 g/mol. The van der Waals surface area contributed by atoms with E-state index in [1.165, 1.54) is 17.7 Å². The quantitative estimate of drug-likeness (QED) is 0.518. The molecule has 32 heavy (non-hydrogen) atoms. The Morgan fingerprint density at radius 2 is 1.94 bits per heavy atom. The van der Waals surface area contributed by atoms with Crippen LogP contribution in [0, 0.1) is 18.6 Å². The fourth-order valence-electron chi connectivity index (χ4n) is 3.46. The highest BCUT2D eigenvalue weighted by Gasteiger charge is 2.14. The van der Waals surface area contributed by atoms with E-state index in [9.17, 15) is 8.78 Å². The molecule has 0 saturated heterocycles. The molecule has 0 saturated carbocycles. The SMILES string of the molecule is C=C(NCc1cc(F)cc(F)c1)c1cccc(Oc2ccnc(N3C=C(C)CN3)c2)c1C. The number of aromatic nitrogens is 1. The van der Waals surface area contributed by atoms with Crippen molar-refractivity contribution in [3.05, 3.63) is 101 Å². The number of nitrogens with one attached hydrogen (secondary N) is 2. The maximum Gasteiger partial charge on any atom is 0.150 e. The number of halogens is 2. The third kappa shape index (κ3) is 4.95. The fourth-order valence-corrected chi connectivity index (χ4v) is 3.46. The van der Waals surface area contributed by atoms with Gasteiger partial charge in [-0.25, -0.2) is 19.2 Å². The number of nitrogens with zero attached hydrogens (tertiary/aromatic N) is 2. The molecule has 0 aliphatic carbocycles. The number of hydrazine groups is 1. The molecule has 2 aromatic carbocycles. The van der Waals surface area contributed by atoms with Gasteiger partial charge < -0.3 is 10.1 Å². The maximum atomic E-state index is 13.4. The van der Waals surface area contributed by atoms with E-state index >= 15 is 0 Å². The highest BCUT2D eigenvalue weighted by atomic mass is 19.1. The molecule has 5 nitrogen and oxygen atoms in total. The molecule has 4 rings (SSSR count). The summed E-state index contributed by atoms with van der Waals surface area (Å²) < 4.78 is 33.0. The van der Waals surface area contributed by atoms with E-state index in [1.807, 2.05) is 49.3 Å². The van der Waals surface area contributed by atoms with Crippen molar-refractivity contribution in [2.45, 2.75) is 20.4 Å². The fraction of sp³-hybridized carbons (Fsp3) is 0.160. The predicted octanol–water partition coefficient (Wildman–Crippen LogP) is 5.45. The number of rotatable bonds is 7. The lowest BCUT2D eigenvalue weighted by molar-refractivity contribution is 0.477. The van der Waals surface area contributed by atoms with Crippen LogP contribution in [0.1, 0.15) is 23.6 Å². The standard InChI is InChI=1S/C25H24F2N4O/c1-16-13-30-31(15-16)25-12-22(7-8-28-25)32-24-6-4-5-23(17(24)2)18(3)29-14-19-9-20(26)11-21(27)10-19/h4-12,15,29-30H,3,13-14H2,1-2H3. The van der Waals surface area contributed by atoms with Crippen LogP contribution < -0.4 is 20.5 Å². The summed E-state index contributed by atoms with van der Waals surface area (Å²) in [5.74, 6) is 0.863. The lowest BCUT2D eigenvalue weighted by Gasteiger charge is -2.17. The molecule has 0 amide bonds. The van der Waals surface area contributed by atoms with E-state index < -0.39 is 11.6 Å². The van der Waals surface area contributed by atoms with Gasteiger partial charge in [0.2, 0.25) is 0 Å². The van der Waals surface area contributed by atoms with Crippen LogP contribution in [-0.4, -0.2) is 11.5 Å². The first-order chi connectivity index (χ1) is 15.4. The monoisotopic (exact) mass is 434 g/mol. The van der Waals surface area contributed by atoms with Crippen molar-refractivity contribution in [2.24, 2.45) is 0 Å². The van der Waals surface area contributed by atoms with Crippen molar-refractivity contribution >= 4 is 11.5 Å². The predicted molar refractivity (Wildman–Crippen MR) is 122 cm³/mol. The van der Waals surface area contributed by atoms with Crippen LogP contribution in [-0.2, 0) is 6.54 Å². The van der Waals surface area contributed by atoms with Crippen molar-refractivity contribution in [3.8, 4) is 11.5 Å². The largest absolute Gasteiger partial charge is 0.457 e. The molecule has 0 atom stereocenters. The minimum absolute atomic E-state index is 0.252. The summed E-state index contributed by atoms with van der Waals surface area (Å²) in [6, 6.07) is 12.8. The van der Waals surface area contributed by atoms with E-state index in [2.05, 4.69) is 22.3 Å². The van der Waals surface area contributed by atoms with E-state index in [0.29, 0.717) is 22.8 Å². The number of anilines is 1. The average molecular weight is 434 g/mol. The van der Waals surface area contributed by atoms with Gasteiger partial charge in [0.05, 0.1) is 0 Å². The Bertz CT molecular complexity index is 1170. The van der Waals surface area contributed by atoms with Gasteiger partial charge in [0, 0.05) is 54.4 Å². The maximum absolute atomic E-state index is 13.4. The second-order valence-electron chi connectivity index (χ2n) is 7.67. The zero-order valence-electron chi connectivity index (χ0n) is 18.0. The second kappa shape index (κ2) is 9.20. The average Bonchev–Trinajstić information content (AvgIpc) is 3.19. The van der Waals surface area contributed by atoms with Gasteiger partial charge in [-0.15, -0.1) is 0 Å². The molecule has 1 aliphatic heterocycles. The number of ether oxygens (including phenoxy) is 1. The van der Waals surface area contributed by atoms with E-state index in [0.717, 1.165) is 29.6 Å². The Hall–Kier alpha value is -3.71. The van der Waals surface area contributed by atoms with E-state index in [-0.39, 0.29) is 6.54 Å². The molecule has 1 aromatic heterocycles. The Kier molecular flexibility index (Phi) is 6.18. The minimum Gasteiger partial charge on any atom is -0.457 e. The van der Waals surface area contributed by atoms with Gasteiger partial charge in [0.25, 0.3) is 0 Å². The van der Waals surface area contributed by atoms with Crippen molar-refractivity contribution in [1.82, 2.24) is 15.7 Å². The smallest absolute Gasteiger partial charge is 0.150 e. The molecule has 0 bridgehead atoms. The van der Waals surface area contributed by atoms with Gasteiger partial charge in [-0.1, -0.05) is 18.7 Å². The number of pyridine rings is 1. The van der Waals surface area contributed by atoms with Gasteiger partial charge in [-0.2, -0.15) is 0 Å². The molecule has 1 aliphatic rings. The molecule has 2 N–H and O–H groups in total. The Morgan fingerprint density at radius 1 is 1.16 bits per heavy atom.